The Balaban J connectivity index is 2.10. The standard InChI is InChI=1S/C16H16N2O3/c1-21-16(20)14(11-12-7-9-17-10-8-12)18-15(19)13-5-3-2-4-6-13/h2-10,14H,11H2,1H3,(H,18,19). The van der Waals surface area contributed by atoms with E-state index >= 15 is 0 Å². The van der Waals surface area contributed by atoms with Gasteiger partial charge in [-0.15, -0.1) is 0 Å². The maximum absolute atomic E-state index is 12.1. The summed E-state index contributed by atoms with van der Waals surface area (Å²) in [6, 6.07) is 11.6. The second kappa shape index (κ2) is 7.19. The molecule has 1 atom stereocenters. The van der Waals surface area contributed by atoms with E-state index in [4.69, 9.17) is 4.74 Å². The average molecular weight is 284 g/mol. The van der Waals surface area contributed by atoms with Crippen LogP contribution >= 0.6 is 0 Å². The van der Waals surface area contributed by atoms with Crippen LogP contribution in [0.2, 0.25) is 0 Å². The zero-order valence-electron chi connectivity index (χ0n) is 11.7. The molecule has 1 heterocycles. The lowest BCUT2D eigenvalue weighted by Crippen LogP contribution is -2.43. The van der Waals surface area contributed by atoms with Crippen molar-refractivity contribution in [1.29, 1.82) is 0 Å². The topological polar surface area (TPSA) is 68.3 Å². The lowest BCUT2D eigenvalue weighted by Gasteiger charge is -2.16. The van der Waals surface area contributed by atoms with Crippen molar-refractivity contribution in [2.24, 2.45) is 0 Å². The highest BCUT2D eigenvalue weighted by molar-refractivity contribution is 5.96. The molecule has 0 aliphatic carbocycles. The minimum atomic E-state index is -0.731. The summed E-state index contributed by atoms with van der Waals surface area (Å²) in [5.74, 6) is -0.781. The Morgan fingerprint density at radius 2 is 1.81 bits per heavy atom. The molecular weight excluding hydrogens is 268 g/mol. The number of hydrogen-bond donors (Lipinski definition) is 1. The van der Waals surface area contributed by atoms with Gasteiger partial charge in [0.25, 0.3) is 5.91 Å². The minimum absolute atomic E-state index is 0.306. The van der Waals surface area contributed by atoms with Crippen LogP contribution in [0.3, 0.4) is 0 Å². The van der Waals surface area contributed by atoms with Gasteiger partial charge in [0.1, 0.15) is 6.04 Å². The number of benzene rings is 1. The molecule has 1 unspecified atom stereocenters. The fourth-order valence-electron chi connectivity index (χ4n) is 1.92. The summed E-state index contributed by atoms with van der Waals surface area (Å²) in [7, 11) is 1.30. The summed E-state index contributed by atoms with van der Waals surface area (Å²) in [5, 5.41) is 2.70. The van der Waals surface area contributed by atoms with E-state index in [1.807, 2.05) is 6.07 Å². The Morgan fingerprint density at radius 3 is 2.43 bits per heavy atom. The molecule has 1 aromatic carbocycles. The monoisotopic (exact) mass is 284 g/mol. The molecule has 5 nitrogen and oxygen atoms in total. The van der Waals surface area contributed by atoms with Crippen LogP contribution in [0.25, 0.3) is 0 Å². The summed E-state index contributed by atoms with van der Waals surface area (Å²) in [6.07, 6.45) is 3.64. The fraction of sp³-hybridized carbons (Fsp3) is 0.188. The molecule has 5 heteroatoms. The normalized spacial score (nSPS) is 11.5. The lowest BCUT2D eigenvalue weighted by atomic mass is 10.1. The highest BCUT2D eigenvalue weighted by Crippen LogP contribution is 2.05. The van der Waals surface area contributed by atoms with Crippen LogP contribution in [0.4, 0.5) is 0 Å². The molecule has 0 saturated carbocycles. The van der Waals surface area contributed by atoms with Gasteiger partial charge in [-0.1, -0.05) is 18.2 Å². The van der Waals surface area contributed by atoms with Crippen LogP contribution in [0, 0.1) is 0 Å². The molecule has 0 aliphatic heterocycles. The summed E-state index contributed by atoms with van der Waals surface area (Å²) < 4.78 is 4.75. The van der Waals surface area contributed by atoms with Crippen LogP contribution < -0.4 is 5.32 Å². The molecule has 108 valence electrons. The molecular formula is C16H16N2O3. The summed E-state index contributed by atoms with van der Waals surface area (Å²) >= 11 is 0. The molecule has 21 heavy (non-hydrogen) atoms. The number of esters is 1. The van der Waals surface area contributed by atoms with Crippen molar-refractivity contribution in [3.05, 3.63) is 66.0 Å². The predicted octanol–water partition coefficient (Wildman–Crippen LogP) is 1.60. The zero-order valence-corrected chi connectivity index (χ0v) is 11.7. The van der Waals surface area contributed by atoms with E-state index < -0.39 is 12.0 Å². The van der Waals surface area contributed by atoms with Crippen LogP contribution in [0.15, 0.2) is 54.9 Å². The van der Waals surface area contributed by atoms with Gasteiger partial charge in [-0.25, -0.2) is 4.79 Å². The van der Waals surface area contributed by atoms with Crippen LogP contribution in [-0.4, -0.2) is 30.0 Å². The summed E-state index contributed by atoms with van der Waals surface area (Å²) in [4.78, 5) is 27.9. The Hall–Kier alpha value is -2.69. The van der Waals surface area contributed by atoms with Crippen molar-refractivity contribution in [3.63, 3.8) is 0 Å². The maximum Gasteiger partial charge on any atom is 0.328 e. The number of amides is 1. The Morgan fingerprint density at radius 1 is 1.14 bits per heavy atom. The third kappa shape index (κ3) is 4.14. The molecule has 1 amide bonds. The van der Waals surface area contributed by atoms with Gasteiger partial charge in [0.2, 0.25) is 0 Å². The van der Waals surface area contributed by atoms with E-state index in [1.165, 1.54) is 7.11 Å². The molecule has 1 aromatic heterocycles. The first-order valence-corrected chi connectivity index (χ1v) is 6.53. The molecule has 0 saturated heterocycles. The maximum atomic E-state index is 12.1. The number of rotatable bonds is 5. The number of hydrogen-bond acceptors (Lipinski definition) is 4. The number of nitrogens with one attached hydrogen (secondary N) is 1. The van der Waals surface area contributed by atoms with Crippen LogP contribution in [0.5, 0.6) is 0 Å². The first-order chi connectivity index (χ1) is 10.2. The molecule has 0 spiro atoms. The number of methoxy groups -OCH3 is 1. The SMILES string of the molecule is COC(=O)C(Cc1ccncc1)NC(=O)c1ccccc1. The quantitative estimate of drug-likeness (QED) is 0.847. The minimum Gasteiger partial charge on any atom is -0.467 e. The van der Waals surface area contributed by atoms with E-state index in [0.717, 1.165) is 5.56 Å². The molecule has 0 aliphatic rings. The van der Waals surface area contributed by atoms with Gasteiger partial charge in [0, 0.05) is 24.4 Å². The Labute approximate surface area is 123 Å². The number of nitrogens with zero attached hydrogens (tertiary/aromatic N) is 1. The van der Waals surface area contributed by atoms with E-state index in [1.54, 1.807) is 48.8 Å². The first kappa shape index (κ1) is 14.7. The van der Waals surface area contributed by atoms with Crippen molar-refractivity contribution < 1.29 is 14.3 Å². The number of ether oxygens (including phenoxy) is 1. The van der Waals surface area contributed by atoms with Gasteiger partial charge in [0.15, 0.2) is 0 Å². The number of carbonyl (C=O) groups is 2. The smallest absolute Gasteiger partial charge is 0.328 e. The van der Waals surface area contributed by atoms with E-state index in [0.29, 0.717) is 12.0 Å². The molecule has 2 aromatic rings. The second-order valence-corrected chi connectivity index (χ2v) is 4.47. The van der Waals surface area contributed by atoms with Crippen molar-refractivity contribution in [1.82, 2.24) is 10.3 Å². The summed E-state index contributed by atoms with van der Waals surface area (Å²) in [5.41, 5.74) is 1.40. The van der Waals surface area contributed by atoms with Crippen molar-refractivity contribution >= 4 is 11.9 Å². The van der Waals surface area contributed by atoms with Gasteiger partial charge < -0.3 is 10.1 Å². The van der Waals surface area contributed by atoms with Crippen molar-refractivity contribution in [3.8, 4) is 0 Å². The van der Waals surface area contributed by atoms with Gasteiger partial charge in [-0.05, 0) is 29.8 Å². The van der Waals surface area contributed by atoms with Gasteiger partial charge in [-0.3, -0.25) is 9.78 Å². The van der Waals surface area contributed by atoms with E-state index in [2.05, 4.69) is 10.3 Å². The molecule has 2 rings (SSSR count). The Kier molecular flexibility index (Phi) is 5.04. The molecule has 0 fully saturated rings. The van der Waals surface area contributed by atoms with Gasteiger partial charge in [-0.2, -0.15) is 0 Å². The predicted molar refractivity (Wildman–Crippen MR) is 77.7 cm³/mol. The van der Waals surface area contributed by atoms with Crippen LogP contribution in [0.1, 0.15) is 15.9 Å². The zero-order chi connectivity index (χ0) is 15.1. The van der Waals surface area contributed by atoms with Gasteiger partial charge >= 0.3 is 5.97 Å². The van der Waals surface area contributed by atoms with Crippen molar-refractivity contribution in [2.45, 2.75) is 12.5 Å². The lowest BCUT2D eigenvalue weighted by molar-refractivity contribution is -0.142. The third-order valence-electron chi connectivity index (χ3n) is 3.02. The largest absolute Gasteiger partial charge is 0.467 e. The summed E-state index contributed by atoms with van der Waals surface area (Å²) in [6.45, 7) is 0. The molecule has 0 radical (unpaired) electrons. The molecule has 0 bridgehead atoms. The van der Waals surface area contributed by atoms with E-state index in [-0.39, 0.29) is 5.91 Å². The average Bonchev–Trinajstić information content (AvgIpc) is 2.55. The number of aromatic nitrogens is 1. The molecule has 1 N–H and O–H groups in total. The van der Waals surface area contributed by atoms with E-state index in [9.17, 15) is 9.59 Å². The highest BCUT2D eigenvalue weighted by atomic mass is 16.5. The van der Waals surface area contributed by atoms with Crippen LogP contribution in [-0.2, 0) is 16.0 Å². The number of carbonyl (C=O) groups excluding carboxylic acids is 2. The Bertz CT molecular complexity index is 599. The third-order valence-corrected chi connectivity index (χ3v) is 3.02. The second-order valence-electron chi connectivity index (χ2n) is 4.47. The number of pyridine rings is 1. The van der Waals surface area contributed by atoms with Gasteiger partial charge in [0.05, 0.1) is 7.11 Å². The fourth-order valence-corrected chi connectivity index (χ4v) is 1.92. The highest BCUT2D eigenvalue weighted by Gasteiger charge is 2.22. The van der Waals surface area contributed by atoms with Crippen molar-refractivity contribution in [2.75, 3.05) is 7.11 Å². The first-order valence-electron chi connectivity index (χ1n) is 6.53.